The SMILES string of the molecule is CCn1nc2c3c(c(=O)nccc31)C([C@H]1CN3CCC1CC3)CC2. The molecule has 3 aliphatic heterocycles. The molecule has 5 heterocycles. The molecular weight excluding hydrogens is 300 g/mol. The van der Waals surface area contributed by atoms with Crippen molar-refractivity contribution in [1.29, 1.82) is 0 Å². The first-order valence-corrected chi connectivity index (χ1v) is 9.37. The molecule has 0 radical (unpaired) electrons. The van der Waals surface area contributed by atoms with Gasteiger partial charge in [0.2, 0.25) is 0 Å². The molecule has 0 aromatic carbocycles. The molecule has 2 aromatic rings. The lowest BCUT2D eigenvalue weighted by Crippen LogP contribution is -2.50. The molecule has 3 fully saturated rings. The molecule has 0 spiro atoms. The van der Waals surface area contributed by atoms with Gasteiger partial charge in [-0.2, -0.15) is 5.10 Å². The molecule has 1 aliphatic carbocycles. The number of hydrogen-bond acceptors (Lipinski definition) is 4. The summed E-state index contributed by atoms with van der Waals surface area (Å²) in [5.74, 6) is 1.75. The van der Waals surface area contributed by atoms with Gasteiger partial charge in [-0.1, -0.05) is 0 Å². The van der Waals surface area contributed by atoms with Crippen molar-refractivity contribution in [3.8, 4) is 0 Å². The van der Waals surface area contributed by atoms with Crippen LogP contribution in [-0.4, -0.2) is 39.3 Å². The van der Waals surface area contributed by atoms with Gasteiger partial charge in [0.05, 0.1) is 11.2 Å². The van der Waals surface area contributed by atoms with E-state index in [2.05, 4.69) is 16.8 Å². The first-order valence-electron chi connectivity index (χ1n) is 9.37. The standard InChI is InChI=1S/C19H24N4O/c1-2-23-16-5-8-20-19(24)17-13(3-4-15(21-23)18(16)17)14-11-22-9-6-12(14)7-10-22/h5,8,12-14H,2-4,6-7,9-11H2,1H3/t13?,14-/m0/s1. The topological polar surface area (TPSA) is 51.0 Å². The fourth-order valence-corrected chi connectivity index (χ4v) is 5.43. The molecule has 4 aliphatic rings. The van der Waals surface area contributed by atoms with Gasteiger partial charge in [-0.25, -0.2) is 4.98 Å². The van der Waals surface area contributed by atoms with Crippen LogP contribution in [-0.2, 0) is 13.0 Å². The molecular formula is C19H24N4O. The summed E-state index contributed by atoms with van der Waals surface area (Å²) < 4.78 is 2.04. The highest BCUT2D eigenvalue weighted by molar-refractivity contribution is 5.86. The zero-order chi connectivity index (χ0) is 16.3. The Morgan fingerprint density at radius 3 is 2.79 bits per heavy atom. The normalized spacial score (nSPS) is 31.5. The van der Waals surface area contributed by atoms with Crippen molar-refractivity contribution in [3.05, 3.63) is 33.9 Å². The quantitative estimate of drug-likeness (QED) is 0.850. The molecule has 5 nitrogen and oxygen atoms in total. The Balaban J connectivity index is 1.71. The predicted molar refractivity (Wildman–Crippen MR) is 93.2 cm³/mol. The van der Waals surface area contributed by atoms with E-state index in [9.17, 15) is 4.79 Å². The van der Waals surface area contributed by atoms with Crippen LogP contribution in [0.1, 0.15) is 43.4 Å². The lowest BCUT2D eigenvalue weighted by molar-refractivity contribution is 0.0345. The third kappa shape index (κ3) is 2.00. The first-order chi connectivity index (χ1) is 11.8. The molecule has 24 heavy (non-hydrogen) atoms. The van der Waals surface area contributed by atoms with Gasteiger partial charge in [0.1, 0.15) is 0 Å². The largest absolute Gasteiger partial charge is 0.303 e. The van der Waals surface area contributed by atoms with E-state index in [1.807, 2.05) is 10.7 Å². The van der Waals surface area contributed by atoms with Crippen LogP contribution in [0.5, 0.6) is 0 Å². The van der Waals surface area contributed by atoms with Crippen molar-refractivity contribution >= 4 is 10.9 Å². The van der Waals surface area contributed by atoms with Crippen molar-refractivity contribution in [2.75, 3.05) is 19.6 Å². The summed E-state index contributed by atoms with van der Waals surface area (Å²) >= 11 is 0. The number of rotatable bonds is 2. The van der Waals surface area contributed by atoms with Crippen LogP contribution in [0.15, 0.2) is 17.1 Å². The maximum atomic E-state index is 12.8. The second-order valence-electron chi connectivity index (χ2n) is 7.63. The Bertz CT molecular complexity index is 850. The summed E-state index contributed by atoms with van der Waals surface area (Å²) in [6.45, 7) is 6.59. The highest BCUT2D eigenvalue weighted by atomic mass is 16.1. The van der Waals surface area contributed by atoms with E-state index in [1.165, 1.54) is 25.9 Å². The van der Waals surface area contributed by atoms with Crippen molar-refractivity contribution in [2.45, 2.75) is 45.1 Å². The summed E-state index contributed by atoms with van der Waals surface area (Å²) in [4.78, 5) is 19.6. The summed E-state index contributed by atoms with van der Waals surface area (Å²) in [5, 5.41) is 5.89. The van der Waals surface area contributed by atoms with Gasteiger partial charge in [0.25, 0.3) is 5.56 Å². The van der Waals surface area contributed by atoms with Crippen molar-refractivity contribution in [3.63, 3.8) is 0 Å². The highest BCUT2D eigenvalue weighted by Crippen LogP contribution is 2.45. The summed E-state index contributed by atoms with van der Waals surface area (Å²) in [7, 11) is 0. The van der Waals surface area contributed by atoms with Gasteiger partial charge in [-0.15, -0.1) is 0 Å². The number of fused-ring (bicyclic) bond motifs is 3. The lowest BCUT2D eigenvalue weighted by atomic mass is 9.67. The second-order valence-corrected chi connectivity index (χ2v) is 7.63. The van der Waals surface area contributed by atoms with Crippen LogP contribution in [0.3, 0.4) is 0 Å². The molecule has 2 bridgehead atoms. The minimum absolute atomic E-state index is 0.0250. The van der Waals surface area contributed by atoms with E-state index < -0.39 is 0 Å². The zero-order valence-corrected chi connectivity index (χ0v) is 14.2. The van der Waals surface area contributed by atoms with Gasteiger partial charge in [0, 0.05) is 30.2 Å². The molecule has 2 aromatic heterocycles. The van der Waals surface area contributed by atoms with Crippen LogP contribution in [0.25, 0.3) is 10.9 Å². The van der Waals surface area contributed by atoms with E-state index in [1.54, 1.807) is 6.20 Å². The van der Waals surface area contributed by atoms with Gasteiger partial charge >= 0.3 is 0 Å². The third-order valence-electron chi connectivity index (χ3n) is 6.57. The van der Waals surface area contributed by atoms with E-state index in [-0.39, 0.29) is 5.56 Å². The van der Waals surface area contributed by atoms with Crippen molar-refractivity contribution < 1.29 is 0 Å². The number of nitrogens with zero attached hydrogens (tertiary/aromatic N) is 4. The zero-order valence-electron chi connectivity index (χ0n) is 14.2. The van der Waals surface area contributed by atoms with Crippen molar-refractivity contribution in [2.24, 2.45) is 11.8 Å². The first kappa shape index (κ1) is 14.6. The van der Waals surface area contributed by atoms with Gasteiger partial charge in [-0.3, -0.25) is 9.48 Å². The number of piperidine rings is 3. The van der Waals surface area contributed by atoms with Crippen molar-refractivity contribution in [1.82, 2.24) is 19.7 Å². The summed E-state index contributed by atoms with van der Waals surface area (Å²) in [6, 6.07) is 1.97. The minimum Gasteiger partial charge on any atom is -0.303 e. The molecule has 2 atom stereocenters. The Morgan fingerprint density at radius 2 is 2.08 bits per heavy atom. The van der Waals surface area contributed by atoms with Gasteiger partial charge in [-0.05, 0) is 69.5 Å². The minimum atomic E-state index is -0.0250. The average Bonchev–Trinajstić information content (AvgIpc) is 2.89. The number of aryl methyl sites for hydroxylation is 2. The molecule has 3 saturated heterocycles. The van der Waals surface area contributed by atoms with Crippen LogP contribution in [0, 0.1) is 11.8 Å². The fraction of sp³-hybridized carbons (Fsp3) is 0.632. The summed E-state index contributed by atoms with van der Waals surface area (Å²) in [5.41, 5.74) is 3.13. The van der Waals surface area contributed by atoms with Crippen LogP contribution in [0.2, 0.25) is 0 Å². The molecule has 5 heteroatoms. The number of hydrogen-bond donors (Lipinski definition) is 0. The molecule has 0 N–H and O–H groups in total. The van der Waals surface area contributed by atoms with E-state index in [0.29, 0.717) is 11.8 Å². The molecule has 0 amide bonds. The van der Waals surface area contributed by atoms with E-state index in [4.69, 9.17) is 5.10 Å². The molecule has 0 saturated carbocycles. The third-order valence-corrected chi connectivity index (χ3v) is 6.57. The van der Waals surface area contributed by atoms with Crippen LogP contribution in [0.4, 0.5) is 0 Å². The maximum absolute atomic E-state index is 12.8. The summed E-state index contributed by atoms with van der Waals surface area (Å²) in [6.07, 6.45) is 6.31. The van der Waals surface area contributed by atoms with E-state index in [0.717, 1.165) is 54.0 Å². The van der Waals surface area contributed by atoms with Gasteiger partial charge in [0.15, 0.2) is 0 Å². The fourth-order valence-electron chi connectivity index (χ4n) is 5.43. The average molecular weight is 324 g/mol. The van der Waals surface area contributed by atoms with Crippen LogP contribution < -0.4 is 5.56 Å². The number of aromatic nitrogens is 3. The Morgan fingerprint density at radius 1 is 1.25 bits per heavy atom. The van der Waals surface area contributed by atoms with Gasteiger partial charge < -0.3 is 4.90 Å². The lowest BCUT2D eigenvalue weighted by Gasteiger charge is -2.48. The smallest absolute Gasteiger partial charge is 0.273 e. The second kappa shape index (κ2) is 5.38. The molecule has 126 valence electrons. The Kier molecular flexibility index (Phi) is 3.27. The monoisotopic (exact) mass is 324 g/mol. The Labute approximate surface area is 141 Å². The van der Waals surface area contributed by atoms with Crippen LogP contribution >= 0.6 is 0 Å². The molecule has 1 unspecified atom stereocenters. The highest BCUT2D eigenvalue weighted by Gasteiger charge is 2.42. The van der Waals surface area contributed by atoms with E-state index >= 15 is 0 Å². The maximum Gasteiger partial charge on any atom is 0.273 e. The predicted octanol–water partition coefficient (Wildman–Crippen LogP) is 2.18. The molecule has 6 rings (SSSR count). The Hall–Kier alpha value is -1.75.